The molecule has 4 aliphatic rings. The lowest BCUT2D eigenvalue weighted by molar-refractivity contribution is -0.0168. The van der Waals surface area contributed by atoms with Crippen LogP contribution in [-0.4, -0.2) is 33.4 Å². The van der Waals surface area contributed by atoms with Crippen LogP contribution in [0.1, 0.15) is 49.0 Å². The number of amides is 1. The van der Waals surface area contributed by atoms with E-state index in [-0.39, 0.29) is 11.2 Å². The molecule has 7 nitrogen and oxygen atoms in total. The number of aromatic hydroxyl groups is 1. The van der Waals surface area contributed by atoms with Crippen LogP contribution >= 0.6 is 0 Å². The number of nitrogens with zero attached hydrogens (tertiary/aromatic N) is 2. The second-order valence-electron chi connectivity index (χ2n) is 8.95. The number of ether oxygens (including phenoxy) is 1. The van der Waals surface area contributed by atoms with E-state index in [0.29, 0.717) is 29.2 Å². The average molecular weight is 395 g/mol. The van der Waals surface area contributed by atoms with Gasteiger partial charge in [-0.1, -0.05) is 12.1 Å². The molecule has 152 valence electrons. The van der Waals surface area contributed by atoms with E-state index in [1.54, 1.807) is 24.3 Å². The van der Waals surface area contributed by atoms with Crippen molar-refractivity contribution in [2.75, 3.05) is 7.11 Å². The number of carbonyl (C=O) groups excluding carboxylic acids is 1. The number of carbonyl (C=O) groups is 1. The molecule has 0 radical (unpaired) electrons. The van der Waals surface area contributed by atoms with Crippen LogP contribution in [-0.2, 0) is 0 Å². The van der Waals surface area contributed by atoms with Gasteiger partial charge in [0.1, 0.15) is 11.4 Å². The number of methoxy groups -OCH3 is 1. The molecule has 4 saturated carbocycles. The molecule has 4 bridgehead atoms. The lowest BCUT2D eigenvalue weighted by atomic mass is 9.53. The Kier molecular flexibility index (Phi) is 4.15. The molecule has 7 heteroatoms. The smallest absolute Gasteiger partial charge is 0.276 e. The molecule has 4 aliphatic carbocycles. The molecule has 1 aromatic carbocycles. The predicted molar refractivity (Wildman–Crippen MR) is 106 cm³/mol. The molecule has 4 fully saturated rings. The van der Waals surface area contributed by atoms with E-state index in [0.717, 1.165) is 30.0 Å². The summed E-state index contributed by atoms with van der Waals surface area (Å²) in [5.41, 5.74) is -0.445. The van der Waals surface area contributed by atoms with Gasteiger partial charge < -0.3 is 15.2 Å². The number of para-hydroxylation sites is 2. The molecule has 2 N–H and O–H groups in total. The number of nitrogens with one attached hydrogen (secondary N) is 1. The zero-order chi connectivity index (χ0) is 20.2. The van der Waals surface area contributed by atoms with E-state index in [2.05, 4.69) is 10.4 Å². The summed E-state index contributed by atoms with van der Waals surface area (Å²) in [6, 6.07) is 7.98. The van der Waals surface area contributed by atoms with Gasteiger partial charge in [0.15, 0.2) is 11.4 Å². The number of benzene rings is 1. The van der Waals surface area contributed by atoms with Crippen LogP contribution in [0.15, 0.2) is 35.1 Å². The lowest BCUT2D eigenvalue weighted by Gasteiger charge is -2.56. The Morgan fingerprint density at radius 2 is 1.79 bits per heavy atom. The van der Waals surface area contributed by atoms with Gasteiger partial charge >= 0.3 is 0 Å². The average Bonchev–Trinajstić information content (AvgIpc) is 2.66. The van der Waals surface area contributed by atoms with Crippen molar-refractivity contribution < 1.29 is 14.6 Å². The molecule has 0 atom stereocenters. The summed E-state index contributed by atoms with van der Waals surface area (Å²) in [7, 11) is 1.50. The molecule has 0 unspecified atom stereocenters. The van der Waals surface area contributed by atoms with Crippen molar-refractivity contribution in [3.8, 4) is 17.2 Å². The van der Waals surface area contributed by atoms with E-state index in [4.69, 9.17) is 4.74 Å². The molecule has 2 aromatic rings. The molecular weight excluding hydrogens is 370 g/mol. The second kappa shape index (κ2) is 6.61. The quantitative estimate of drug-likeness (QED) is 0.830. The van der Waals surface area contributed by atoms with E-state index in [1.807, 2.05) is 0 Å². The highest BCUT2D eigenvalue weighted by Crippen LogP contribution is 2.55. The van der Waals surface area contributed by atoms with E-state index >= 15 is 0 Å². The summed E-state index contributed by atoms with van der Waals surface area (Å²) in [4.78, 5) is 25.6. The summed E-state index contributed by atoms with van der Waals surface area (Å²) < 4.78 is 6.42. The van der Waals surface area contributed by atoms with Crippen molar-refractivity contribution in [2.45, 2.75) is 44.1 Å². The summed E-state index contributed by atoms with van der Waals surface area (Å²) in [5.74, 6) is 1.69. The SMILES string of the molecule is COc1ccccc1-n1nc(C(=O)NC23CC4CC(CC(C4)C2)C3)c(O)cc1=O. The van der Waals surface area contributed by atoms with Crippen molar-refractivity contribution in [3.63, 3.8) is 0 Å². The van der Waals surface area contributed by atoms with Crippen LogP contribution in [0.4, 0.5) is 0 Å². The third-order valence-corrected chi connectivity index (χ3v) is 6.86. The minimum atomic E-state index is -0.529. The Hall–Kier alpha value is -2.83. The predicted octanol–water partition coefficient (Wildman–Crippen LogP) is 2.65. The molecule has 1 heterocycles. The highest BCUT2D eigenvalue weighted by molar-refractivity contribution is 5.95. The van der Waals surface area contributed by atoms with Crippen LogP contribution in [0.3, 0.4) is 0 Å². The van der Waals surface area contributed by atoms with Gasteiger partial charge in [-0.2, -0.15) is 9.78 Å². The topological polar surface area (TPSA) is 93.5 Å². The van der Waals surface area contributed by atoms with Crippen LogP contribution in [0.25, 0.3) is 5.69 Å². The van der Waals surface area contributed by atoms with Gasteiger partial charge in [-0.25, -0.2) is 0 Å². The third-order valence-electron chi connectivity index (χ3n) is 6.86. The Labute approximate surface area is 168 Å². The third kappa shape index (κ3) is 3.09. The monoisotopic (exact) mass is 395 g/mol. The molecule has 0 saturated heterocycles. The fourth-order valence-corrected chi connectivity index (χ4v) is 6.15. The maximum Gasteiger partial charge on any atom is 0.276 e. The molecule has 29 heavy (non-hydrogen) atoms. The van der Waals surface area contributed by atoms with E-state index in [1.165, 1.54) is 26.4 Å². The van der Waals surface area contributed by atoms with E-state index < -0.39 is 17.2 Å². The van der Waals surface area contributed by atoms with Crippen LogP contribution in [0.2, 0.25) is 0 Å². The van der Waals surface area contributed by atoms with Gasteiger partial charge in [-0.3, -0.25) is 9.59 Å². The Balaban J connectivity index is 1.48. The van der Waals surface area contributed by atoms with Crippen molar-refractivity contribution in [2.24, 2.45) is 17.8 Å². The molecular formula is C22H25N3O4. The van der Waals surface area contributed by atoms with Crippen molar-refractivity contribution in [1.82, 2.24) is 15.1 Å². The maximum atomic E-state index is 13.1. The van der Waals surface area contributed by atoms with Crippen molar-refractivity contribution in [1.29, 1.82) is 0 Å². The maximum absolute atomic E-state index is 13.1. The number of hydrogen-bond acceptors (Lipinski definition) is 5. The number of rotatable bonds is 4. The van der Waals surface area contributed by atoms with Gasteiger partial charge in [0.2, 0.25) is 0 Å². The van der Waals surface area contributed by atoms with Crippen molar-refractivity contribution in [3.05, 3.63) is 46.4 Å². The molecule has 1 amide bonds. The first-order valence-corrected chi connectivity index (χ1v) is 10.3. The van der Waals surface area contributed by atoms with Crippen molar-refractivity contribution >= 4 is 5.91 Å². The first kappa shape index (κ1) is 18.2. The van der Waals surface area contributed by atoms with Gasteiger partial charge in [0.25, 0.3) is 11.5 Å². The van der Waals surface area contributed by atoms with Gasteiger partial charge in [0.05, 0.1) is 7.11 Å². The summed E-state index contributed by atoms with van der Waals surface area (Å²) in [5, 5.41) is 17.7. The number of aromatic nitrogens is 2. The minimum absolute atomic E-state index is 0.133. The fourth-order valence-electron chi connectivity index (χ4n) is 6.15. The first-order valence-electron chi connectivity index (χ1n) is 10.3. The van der Waals surface area contributed by atoms with Crippen LogP contribution in [0, 0.1) is 17.8 Å². The molecule has 6 rings (SSSR count). The first-order chi connectivity index (χ1) is 14.0. The Bertz CT molecular complexity index is 994. The highest BCUT2D eigenvalue weighted by Gasteiger charge is 2.51. The van der Waals surface area contributed by atoms with Gasteiger partial charge in [-0.15, -0.1) is 0 Å². The van der Waals surface area contributed by atoms with Crippen LogP contribution < -0.4 is 15.6 Å². The Morgan fingerprint density at radius 1 is 1.17 bits per heavy atom. The highest BCUT2D eigenvalue weighted by atomic mass is 16.5. The molecule has 1 aromatic heterocycles. The zero-order valence-corrected chi connectivity index (χ0v) is 16.4. The summed E-state index contributed by atoms with van der Waals surface area (Å²) in [6.07, 6.45) is 6.82. The summed E-state index contributed by atoms with van der Waals surface area (Å²) >= 11 is 0. The Morgan fingerprint density at radius 3 is 2.41 bits per heavy atom. The minimum Gasteiger partial charge on any atom is -0.505 e. The number of hydrogen-bond donors (Lipinski definition) is 2. The standard InChI is InChI=1S/C22H25N3O4/c1-29-18-5-3-2-4-16(18)25-19(27)9-17(26)20(24-25)21(28)23-22-10-13-6-14(11-22)8-15(7-13)12-22/h2-5,9,13-15,26H,6-8,10-12H2,1H3,(H,23,28). The van der Waals surface area contributed by atoms with Crippen LogP contribution in [0.5, 0.6) is 11.5 Å². The molecule has 0 spiro atoms. The van der Waals surface area contributed by atoms with E-state index in [9.17, 15) is 14.7 Å². The van der Waals surface area contributed by atoms with Gasteiger partial charge in [-0.05, 0) is 68.4 Å². The largest absolute Gasteiger partial charge is 0.505 e. The van der Waals surface area contributed by atoms with Gasteiger partial charge in [0, 0.05) is 11.6 Å². The zero-order valence-electron chi connectivity index (χ0n) is 16.4. The lowest BCUT2D eigenvalue weighted by Crippen LogP contribution is -2.60. The molecule has 0 aliphatic heterocycles. The fraction of sp³-hybridized carbons (Fsp3) is 0.500. The normalized spacial score (nSPS) is 29.6. The summed E-state index contributed by atoms with van der Waals surface area (Å²) in [6.45, 7) is 0. The second-order valence-corrected chi connectivity index (χ2v) is 8.95.